The van der Waals surface area contributed by atoms with Gasteiger partial charge in [-0.15, -0.1) is 0 Å². The summed E-state index contributed by atoms with van der Waals surface area (Å²) >= 11 is 12.1. The average Bonchev–Trinajstić information content (AvgIpc) is 2.60. The number of hydrogen-bond donors (Lipinski definition) is 0. The minimum atomic E-state index is -3.66. The van der Waals surface area contributed by atoms with Crippen molar-refractivity contribution in [3.8, 4) is 5.75 Å². The number of ether oxygens (including phenoxy) is 1. The zero-order chi connectivity index (χ0) is 18.9. The fourth-order valence-electron chi connectivity index (χ4n) is 2.87. The SMILES string of the molecule is Cc1ccc(OC2CCN(S(=O)(=O)c3cc(C)c(Cl)cc3Cl)CC2)cn1. The van der Waals surface area contributed by atoms with E-state index in [4.69, 9.17) is 27.9 Å². The van der Waals surface area contributed by atoms with E-state index >= 15 is 0 Å². The summed E-state index contributed by atoms with van der Waals surface area (Å²) in [6.45, 7) is 4.43. The molecule has 1 aliphatic rings. The molecule has 1 fully saturated rings. The summed E-state index contributed by atoms with van der Waals surface area (Å²) in [5.41, 5.74) is 1.60. The first kappa shape index (κ1) is 19.4. The van der Waals surface area contributed by atoms with Crippen molar-refractivity contribution in [1.29, 1.82) is 0 Å². The number of rotatable bonds is 4. The molecule has 1 saturated heterocycles. The van der Waals surface area contributed by atoms with E-state index in [1.807, 2.05) is 19.1 Å². The lowest BCUT2D eigenvalue weighted by molar-refractivity contribution is 0.134. The molecule has 0 radical (unpaired) electrons. The van der Waals surface area contributed by atoms with E-state index in [1.54, 1.807) is 13.1 Å². The predicted molar refractivity (Wildman–Crippen MR) is 103 cm³/mol. The van der Waals surface area contributed by atoms with Crippen molar-refractivity contribution in [3.63, 3.8) is 0 Å². The van der Waals surface area contributed by atoms with E-state index in [0.717, 1.165) is 5.69 Å². The van der Waals surface area contributed by atoms with Crippen molar-refractivity contribution in [2.75, 3.05) is 13.1 Å². The Labute approximate surface area is 163 Å². The fraction of sp³-hybridized carbons (Fsp3) is 0.389. The molecule has 1 aliphatic heterocycles. The van der Waals surface area contributed by atoms with Gasteiger partial charge in [0.15, 0.2) is 0 Å². The van der Waals surface area contributed by atoms with Crippen LogP contribution < -0.4 is 4.74 Å². The molecule has 2 heterocycles. The van der Waals surface area contributed by atoms with Crippen LogP contribution in [-0.4, -0.2) is 36.9 Å². The molecule has 0 spiro atoms. The normalized spacial score (nSPS) is 16.6. The third-order valence-corrected chi connectivity index (χ3v) is 7.19. The van der Waals surface area contributed by atoms with Gasteiger partial charge in [-0.2, -0.15) is 4.31 Å². The van der Waals surface area contributed by atoms with Crippen LogP contribution >= 0.6 is 23.2 Å². The summed E-state index contributed by atoms with van der Waals surface area (Å²) in [5, 5.41) is 0.595. The lowest BCUT2D eigenvalue weighted by atomic mass is 10.1. The molecule has 3 rings (SSSR count). The molecule has 1 aromatic carbocycles. The van der Waals surface area contributed by atoms with Crippen molar-refractivity contribution < 1.29 is 13.2 Å². The van der Waals surface area contributed by atoms with E-state index in [9.17, 15) is 8.42 Å². The number of piperidine rings is 1. The number of hydrogen-bond acceptors (Lipinski definition) is 4. The molecule has 8 heteroatoms. The van der Waals surface area contributed by atoms with Gasteiger partial charge in [-0.05, 0) is 56.5 Å². The summed E-state index contributed by atoms with van der Waals surface area (Å²) in [6.07, 6.45) is 2.87. The minimum Gasteiger partial charge on any atom is -0.489 e. The largest absolute Gasteiger partial charge is 0.489 e. The molecular formula is C18H20Cl2N2O3S. The molecule has 1 aromatic heterocycles. The van der Waals surface area contributed by atoms with Crippen molar-refractivity contribution >= 4 is 33.2 Å². The van der Waals surface area contributed by atoms with Gasteiger partial charge in [-0.25, -0.2) is 8.42 Å². The number of halogens is 2. The van der Waals surface area contributed by atoms with Crippen LogP contribution in [0.5, 0.6) is 5.75 Å². The quantitative estimate of drug-likeness (QED) is 0.750. The number of aromatic nitrogens is 1. The molecule has 140 valence electrons. The summed E-state index contributed by atoms with van der Waals surface area (Å²) in [7, 11) is -3.66. The van der Waals surface area contributed by atoms with E-state index < -0.39 is 10.0 Å². The Bertz CT molecular complexity index is 893. The Morgan fingerprint density at radius 3 is 2.42 bits per heavy atom. The summed E-state index contributed by atoms with van der Waals surface area (Å²) in [6, 6.07) is 6.77. The van der Waals surface area contributed by atoms with Crippen LogP contribution in [0.1, 0.15) is 24.1 Å². The topological polar surface area (TPSA) is 59.5 Å². The lowest BCUT2D eigenvalue weighted by Crippen LogP contribution is -2.41. The van der Waals surface area contributed by atoms with E-state index in [1.165, 1.54) is 16.4 Å². The van der Waals surface area contributed by atoms with Gasteiger partial charge in [0.1, 0.15) is 16.7 Å². The third-order valence-electron chi connectivity index (χ3n) is 4.42. The van der Waals surface area contributed by atoms with E-state index in [0.29, 0.717) is 42.3 Å². The summed E-state index contributed by atoms with van der Waals surface area (Å²) in [4.78, 5) is 4.31. The van der Waals surface area contributed by atoms with E-state index in [-0.39, 0.29) is 16.0 Å². The minimum absolute atomic E-state index is 0.0339. The second-order valence-corrected chi connectivity index (χ2v) is 9.11. The second kappa shape index (κ2) is 7.72. The van der Waals surface area contributed by atoms with Gasteiger partial charge in [0.05, 0.1) is 11.2 Å². The van der Waals surface area contributed by atoms with Gasteiger partial charge in [-0.3, -0.25) is 4.98 Å². The molecule has 2 aromatic rings. The van der Waals surface area contributed by atoms with Crippen LogP contribution in [0.25, 0.3) is 0 Å². The smallest absolute Gasteiger partial charge is 0.244 e. The molecule has 0 aliphatic carbocycles. The highest BCUT2D eigenvalue weighted by Gasteiger charge is 2.32. The Morgan fingerprint density at radius 1 is 1.12 bits per heavy atom. The predicted octanol–water partition coefficient (Wildman–Crippen LogP) is 4.24. The lowest BCUT2D eigenvalue weighted by Gasteiger charge is -2.31. The van der Waals surface area contributed by atoms with Gasteiger partial charge in [-0.1, -0.05) is 23.2 Å². The molecule has 26 heavy (non-hydrogen) atoms. The van der Waals surface area contributed by atoms with Crippen molar-refractivity contribution in [3.05, 3.63) is 51.8 Å². The maximum Gasteiger partial charge on any atom is 0.244 e. The Balaban J connectivity index is 1.69. The van der Waals surface area contributed by atoms with Crippen LogP contribution in [0.3, 0.4) is 0 Å². The maximum atomic E-state index is 12.9. The monoisotopic (exact) mass is 414 g/mol. The zero-order valence-corrected chi connectivity index (χ0v) is 16.9. The van der Waals surface area contributed by atoms with Gasteiger partial charge in [0, 0.05) is 23.8 Å². The van der Waals surface area contributed by atoms with Gasteiger partial charge in [0.2, 0.25) is 10.0 Å². The molecule has 5 nitrogen and oxygen atoms in total. The molecule has 0 N–H and O–H groups in total. The standard InChI is InChI=1S/C18H20Cl2N2O3S/c1-12-9-18(17(20)10-16(12)19)26(23,24)22-7-5-14(6-8-22)25-15-4-3-13(2)21-11-15/h3-4,9-11,14H,5-8H2,1-2H3. The first-order valence-electron chi connectivity index (χ1n) is 8.32. The van der Waals surface area contributed by atoms with Crippen molar-refractivity contribution in [2.24, 2.45) is 0 Å². The van der Waals surface area contributed by atoms with Gasteiger partial charge < -0.3 is 4.74 Å². The summed E-state index contributed by atoms with van der Waals surface area (Å²) < 4.78 is 33.2. The zero-order valence-electron chi connectivity index (χ0n) is 14.6. The van der Waals surface area contributed by atoms with Crippen molar-refractivity contribution in [2.45, 2.75) is 37.7 Å². The molecule has 0 bridgehead atoms. The number of benzene rings is 1. The number of pyridine rings is 1. The number of aryl methyl sites for hydroxylation is 2. The molecule has 0 unspecified atom stereocenters. The Kier molecular flexibility index (Phi) is 5.77. The van der Waals surface area contributed by atoms with Crippen LogP contribution in [-0.2, 0) is 10.0 Å². The highest BCUT2D eigenvalue weighted by atomic mass is 35.5. The number of sulfonamides is 1. The van der Waals surface area contributed by atoms with Crippen LogP contribution in [0.15, 0.2) is 35.4 Å². The Hall–Kier alpha value is -1.34. The van der Waals surface area contributed by atoms with E-state index in [2.05, 4.69) is 4.98 Å². The first-order valence-corrected chi connectivity index (χ1v) is 10.5. The Morgan fingerprint density at radius 2 is 1.81 bits per heavy atom. The summed E-state index contributed by atoms with van der Waals surface area (Å²) in [5.74, 6) is 0.702. The maximum absolute atomic E-state index is 12.9. The third kappa shape index (κ3) is 4.14. The fourth-order valence-corrected chi connectivity index (χ4v) is 5.15. The van der Waals surface area contributed by atoms with Crippen LogP contribution in [0.4, 0.5) is 0 Å². The average molecular weight is 415 g/mol. The molecule has 0 atom stereocenters. The highest BCUT2D eigenvalue weighted by molar-refractivity contribution is 7.89. The van der Waals surface area contributed by atoms with Crippen LogP contribution in [0, 0.1) is 13.8 Å². The first-order chi connectivity index (χ1) is 12.3. The molecular weight excluding hydrogens is 395 g/mol. The van der Waals surface area contributed by atoms with Gasteiger partial charge >= 0.3 is 0 Å². The molecule has 0 amide bonds. The second-order valence-electron chi connectivity index (χ2n) is 6.39. The van der Waals surface area contributed by atoms with Gasteiger partial charge in [0.25, 0.3) is 0 Å². The number of nitrogens with zero attached hydrogens (tertiary/aromatic N) is 2. The van der Waals surface area contributed by atoms with Crippen LogP contribution in [0.2, 0.25) is 10.0 Å². The molecule has 0 saturated carbocycles. The highest BCUT2D eigenvalue weighted by Crippen LogP contribution is 2.31. The van der Waals surface area contributed by atoms with Crippen molar-refractivity contribution in [1.82, 2.24) is 9.29 Å².